The number of anilines is 1. The maximum absolute atomic E-state index is 11.3. The molecule has 2 aromatic rings. The molecule has 3 heteroatoms. The van der Waals surface area contributed by atoms with Gasteiger partial charge in [-0.15, -0.1) is 0 Å². The average Bonchev–Trinajstić information content (AvgIpc) is 2.35. The van der Waals surface area contributed by atoms with Crippen molar-refractivity contribution in [2.75, 3.05) is 5.32 Å². The molecule has 0 heterocycles. The number of aliphatic carboxylic acids is 1. The lowest BCUT2D eigenvalue weighted by Crippen LogP contribution is -2.34. The van der Waals surface area contributed by atoms with Crippen molar-refractivity contribution in [3.63, 3.8) is 0 Å². The highest BCUT2D eigenvalue weighted by molar-refractivity contribution is 5.77. The van der Waals surface area contributed by atoms with Gasteiger partial charge >= 0.3 is 0 Å². The van der Waals surface area contributed by atoms with Crippen LogP contribution in [-0.4, -0.2) is 5.97 Å². The topological polar surface area (TPSA) is 52.2 Å². The van der Waals surface area contributed by atoms with Crippen LogP contribution in [0.15, 0.2) is 48.5 Å². The van der Waals surface area contributed by atoms with Crippen molar-refractivity contribution in [2.24, 2.45) is 0 Å². The number of aryl methyl sites for hydroxylation is 2. The Morgan fingerprint density at radius 2 is 1.63 bits per heavy atom. The Balaban J connectivity index is 2.29. The summed E-state index contributed by atoms with van der Waals surface area (Å²) in [5, 5.41) is 14.3. The summed E-state index contributed by atoms with van der Waals surface area (Å²) in [6.45, 7) is 3.96. The first-order valence-electron chi connectivity index (χ1n) is 6.17. The van der Waals surface area contributed by atoms with E-state index in [4.69, 9.17) is 0 Å². The normalized spacial score (nSPS) is 11.9. The Morgan fingerprint density at radius 3 is 2.16 bits per heavy atom. The van der Waals surface area contributed by atoms with Crippen molar-refractivity contribution >= 4 is 11.7 Å². The first-order valence-corrected chi connectivity index (χ1v) is 6.17. The summed E-state index contributed by atoms with van der Waals surface area (Å²) in [6.07, 6.45) is 0. The zero-order chi connectivity index (χ0) is 13.8. The van der Waals surface area contributed by atoms with E-state index in [2.05, 4.69) is 5.32 Å². The van der Waals surface area contributed by atoms with E-state index >= 15 is 0 Å². The van der Waals surface area contributed by atoms with Crippen LogP contribution in [0.2, 0.25) is 0 Å². The molecule has 0 saturated heterocycles. The predicted octanol–water partition coefficient (Wildman–Crippen LogP) is 2.21. The van der Waals surface area contributed by atoms with Gasteiger partial charge < -0.3 is 15.2 Å². The lowest BCUT2D eigenvalue weighted by atomic mass is 10.1. The molecule has 0 amide bonds. The molecule has 0 fully saturated rings. The third-order valence-electron chi connectivity index (χ3n) is 2.90. The molecule has 0 spiro atoms. The smallest absolute Gasteiger partial charge is 0.0912 e. The van der Waals surface area contributed by atoms with Gasteiger partial charge in [-0.3, -0.25) is 0 Å². The quantitative estimate of drug-likeness (QED) is 0.910. The second-order valence-corrected chi connectivity index (χ2v) is 4.68. The number of hydrogen-bond donors (Lipinski definition) is 1. The Bertz CT molecular complexity index is 558. The molecule has 0 aliphatic rings. The van der Waals surface area contributed by atoms with E-state index in [1.54, 1.807) is 12.1 Å². The highest BCUT2D eigenvalue weighted by atomic mass is 16.4. The molecule has 0 aromatic heterocycles. The van der Waals surface area contributed by atoms with Crippen molar-refractivity contribution in [1.82, 2.24) is 0 Å². The third-order valence-corrected chi connectivity index (χ3v) is 2.90. The van der Waals surface area contributed by atoms with Crippen LogP contribution in [0.4, 0.5) is 5.69 Å². The number of hydrogen-bond acceptors (Lipinski definition) is 3. The molecule has 19 heavy (non-hydrogen) atoms. The molecule has 3 nitrogen and oxygen atoms in total. The van der Waals surface area contributed by atoms with Crippen LogP contribution in [0.5, 0.6) is 0 Å². The van der Waals surface area contributed by atoms with Crippen molar-refractivity contribution in [1.29, 1.82) is 0 Å². The van der Waals surface area contributed by atoms with Gasteiger partial charge in [0.15, 0.2) is 0 Å². The van der Waals surface area contributed by atoms with Gasteiger partial charge in [-0.25, -0.2) is 0 Å². The highest BCUT2D eigenvalue weighted by Gasteiger charge is 2.12. The summed E-state index contributed by atoms with van der Waals surface area (Å²) in [6, 6.07) is 14.1. The molecule has 0 bridgehead atoms. The number of carboxylic acid groups (broad SMARTS) is 1. The van der Waals surface area contributed by atoms with Crippen LogP contribution < -0.4 is 10.4 Å². The SMILES string of the molecule is Cc1cc(C)cc(N[C@H](C(=O)[O-])c2ccccc2)c1. The first-order chi connectivity index (χ1) is 9.06. The number of rotatable bonds is 4. The van der Waals surface area contributed by atoms with Crippen LogP contribution in [0.1, 0.15) is 22.7 Å². The number of carbonyl (C=O) groups excluding carboxylic acids is 1. The fourth-order valence-corrected chi connectivity index (χ4v) is 2.15. The Kier molecular flexibility index (Phi) is 3.85. The summed E-state index contributed by atoms with van der Waals surface area (Å²) in [7, 11) is 0. The summed E-state index contributed by atoms with van der Waals surface area (Å²) in [4.78, 5) is 11.3. The summed E-state index contributed by atoms with van der Waals surface area (Å²) in [5.41, 5.74) is 3.65. The zero-order valence-corrected chi connectivity index (χ0v) is 11.0. The van der Waals surface area contributed by atoms with E-state index in [1.165, 1.54) is 0 Å². The van der Waals surface area contributed by atoms with E-state index in [0.717, 1.165) is 16.8 Å². The fourth-order valence-electron chi connectivity index (χ4n) is 2.15. The maximum Gasteiger partial charge on any atom is 0.0912 e. The standard InChI is InChI=1S/C16H17NO2/c1-11-8-12(2)10-14(9-11)17-15(16(18)19)13-6-4-3-5-7-13/h3-10,15,17H,1-2H3,(H,18,19)/p-1/t15-/m0/s1. The molecule has 0 aliphatic heterocycles. The Hall–Kier alpha value is -2.29. The molecule has 1 atom stereocenters. The molecular formula is C16H16NO2-. The second-order valence-electron chi connectivity index (χ2n) is 4.68. The molecule has 0 saturated carbocycles. The van der Waals surface area contributed by atoms with Crippen molar-refractivity contribution in [2.45, 2.75) is 19.9 Å². The zero-order valence-electron chi connectivity index (χ0n) is 11.0. The molecule has 2 aromatic carbocycles. The van der Waals surface area contributed by atoms with Crippen LogP contribution in [-0.2, 0) is 4.79 Å². The molecule has 2 rings (SSSR count). The van der Waals surface area contributed by atoms with Gasteiger partial charge in [0.2, 0.25) is 0 Å². The summed E-state index contributed by atoms with van der Waals surface area (Å²) in [5.74, 6) is -1.13. The van der Waals surface area contributed by atoms with E-state index in [9.17, 15) is 9.90 Å². The molecule has 0 unspecified atom stereocenters. The van der Waals surface area contributed by atoms with Crippen molar-refractivity contribution in [3.05, 3.63) is 65.2 Å². The van der Waals surface area contributed by atoms with Gasteiger partial charge in [0.25, 0.3) is 0 Å². The molecule has 0 radical (unpaired) electrons. The van der Waals surface area contributed by atoms with Gasteiger partial charge in [0, 0.05) is 5.69 Å². The van der Waals surface area contributed by atoms with Crippen LogP contribution in [0.25, 0.3) is 0 Å². The summed E-state index contributed by atoms with van der Waals surface area (Å²) >= 11 is 0. The average molecular weight is 254 g/mol. The van der Waals surface area contributed by atoms with Gasteiger partial charge in [0.1, 0.15) is 0 Å². The van der Waals surface area contributed by atoms with E-state index < -0.39 is 12.0 Å². The van der Waals surface area contributed by atoms with Crippen LogP contribution in [0, 0.1) is 13.8 Å². The Labute approximate surface area is 112 Å². The van der Waals surface area contributed by atoms with Crippen LogP contribution in [0.3, 0.4) is 0 Å². The maximum atomic E-state index is 11.3. The van der Waals surface area contributed by atoms with E-state index in [-0.39, 0.29) is 0 Å². The monoisotopic (exact) mass is 254 g/mol. The minimum Gasteiger partial charge on any atom is -0.548 e. The number of benzene rings is 2. The molecule has 0 aliphatic carbocycles. The molecule has 1 N–H and O–H groups in total. The van der Waals surface area contributed by atoms with E-state index in [1.807, 2.05) is 50.2 Å². The number of carbonyl (C=O) groups is 1. The third kappa shape index (κ3) is 3.35. The highest BCUT2D eigenvalue weighted by Crippen LogP contribution is 2.21. The van der Waals surface area contributed by atoms with Gasteiger partial charge in [-0.1, -0.05) is 36.4 Å². The fraction of sp³-hybridized carbons (Fsp3) is 0.188. The lowest BCUT2D eigenvalue weighted by molar-refractivity contribution is -0.307. The molecular weight excluding hydrogens is 238 g/mol. The predicted molar refractivity (Wildman–Crippen MR) is 73.7 cm³/mol. The minimum absolute atomic E-state index is 0.682. The number of carboxylic acids is 1. The van der Waals surface area contributed by atoms with Gasteiger partial charge in [-0.2, -0.15) is 0 Å². The van der Waals surface area contributed by atoms with Crippen LogP contribution >= 0.6 is 0 Å². The second kappa shape index (κ2) is 5.57. The number of nitrogens with one attached hydrogen (secondary N) is 1. The summed E-state index contributed by atoms with van der Waals surface area (Å²) < 4.78 is 0. The first kappa shape index (κ1) is 13.1. The van der Waals surface area contributed by atoms with Crippen molar-refractivity contribution in [3.8, 4) is 0 Å². The molecule has 98 valence electrons. The largest absolute Gasteiger partial charge is 0.548 e. The Morgan fingerprint density at radius 1 is 1.05 bits per heavy atom. The van der Waals surface area contributed by atoms with Gasteiger partial charge in [0.05, 0.1) is 12.0 Å². The van der Waals surface area contributed by atoms with E-state index in [0.29, 0.717) is 5.56 Å². The van der Waals surface area contributed by atoms with Crippen molar-refractivity contribution < 1.29 is 9.90 Å². The minimum atomic E-state index is -1.13. The lowest BCUT2D eigenvalue weighted by Gasteiger charge is -2.22. The van der Waals surface area contributed by atoms with Gasteiger partial charge in [-0.05, 0) is 42.7 Å².